The molecule has 2 aromatic carbocycles. The van der Waals surface area contributed by atoms with E-state index in [4.69, 9.17) is 14.5 Å². The van der Waals surface area contributed by atoms with Gasteiger partial charge in [0, 0.05) is 49.4 Å². The quantitative estimate of drug-likeness (QED) is 0.234. The molecule has 4 aromatic rings. The largest absolute Gasteiger partial charge is 0.497 e. The van der Waals surface area contributed by atoms with Crippen LogP contribution in [0.25, 0.3) is 16.6 Å². The minimum atomic E-state index is -3.21. The van der Waals surface area contributed by atoms with Crippen LogP contribution in [0.1, 0.15) is 42.9 Å². The van der Waals surface area contributed by atoms with Crippen LogP contribution in [0.5, 0.6) is 11.5 Å². The van der Waals surface area contributed by atoms with Crippen molar-refractivity contribution in [2.75, 3.05) is 43.8 Å². The van der Waals surface area contributed by atoms with Crippen LogP contribution in [0.15, 0.2) is 54.9 Å². The smallest absolute Gasteiger partial charge is 0.231 e. The van der Waals surface area contributed by atoms with Gasteiger partial charge in [0.25, 0.3) is 0 Å². The summed E-state index contributed by atoms with van der Waals surface area (Å²) in [5.74, 6) is 2.37. The number of fused-ring (bicyclic) bond motifs is 1. The summed E-state index contributed by atoms with van der Waals surface area (Å²) in [6.07, 6.45) is 8.14. The van der Waals surface area contributed by atoms with E-state index in [9.17, 15) is 13.2 Å². The van der Waals surface area contributed by atoms with Gasteiger partial charge < -0.3 is 19.4 Å². The van der Waals surface area contributed by atoms with Crippen molar-refractivity contribution >= 4 is 49.9 Å². The normalized spacial score (nSPS) is 15.5. The topological polar surface area (TPSA) is 119 Å². The SMILES string of the molecule is CCc1cc(C2=CCN(S(C)(=O)=O)CC2)ccc1Nc1cc2c(ncn2C)c(N(Cc2ccc(OC)cc2OC)C(=O)C2CC2)n1. The van der Waals surface area contributed by atoms with E-state index in [-0.39, 0.29) is 18.4 Å². The summed E-state index contributed by atoms with van der Waals surface area (Å²) in [5.41, 5.74) is 6.57. The third-order valence-corrected chi connectivity index (χ3v) is 10.00. The average molecular weight is 645 g/mol. The van der Waals surface area contributed by atoms with Gasteiger partial charge in [-0.25, -0.2) is 18.4 Å². The van der Waals surface area contributed by atoms with Crippen molar-refractivity contribution < 1.29 is 22.7 Å². The van der Waals surface area contributed by atoms with Gasteiger partial charge in [-0.3, -0.25) is 9.69 Å². The first-order chi connectivity index (χ1) is 22.1. The lowest BCUT2D eigenvalue weighted by Gasteiger charge is -2.25. The number of hydrogen-bond acceptors (Lipinski definition) is 8. The van der Waals surface area contributed by atoms with Crippen molar-refractivity contribution in [3.8, 4) is 11.5 Å². The van der Waals surface area contributed by atoms with Gasteiger partial charge in [-0.1, -0.05) is 19.1 Å². The summed E-state index contributed by atoms with van der Waals surface area (Å²) in [5, 5.41) is 3.53. The second-order valence-corrected chi connectivity index (χ2v) is 13.9. The van der Waals surface area contributed by atoms with Gasteiger partial charge in [0.05, 0.1) is 38.9 Å². The van der Waals surface area contributed by atoms with Crippen molar-refractivity contribution in [2.24, 2.45) is 13.0 Å². The van der Waals surface area contributed by atoms with Crippen LogP contribution in [-0.4, -0.2) is 66.7 Å². The van der Waals surface area contributed by atoms with Crippen LogP contribution >= 0.6 is 0 Å². The summed E-state index contributed by atoms with van der Waals surface area (Å²) in [7, 11) is 1.93. The number of nitrogens with one attached hydrogen (secondary N) is 1. The summed E-state index contributed by atoms with van der Waals surface area (Å²) in [4.78, 5) is 25.3. The summed E-state index contributed by atoms with van der Waals surface area (Å²) in [6.45, 7) is 3.23. The van der Waals surface area contributed by atoms with Crippen molar-refractivity contribution in [2.45, 2.75) is 39.2 Å². The Morgan fingerprint density at radius 1 is 1.09 bits per heavy atom. The second-order valence-electron chi connectivity index (χ2n) is 11.9. The van der Waals surface area contributed by atoms with Crippen LogP contribution in [-0.2, 0) is 34.8 Å². The molecule has 0 spiro atoms. The van der Waals surface area contributed by atoms with Crippen LogP contribution in [0.3, 0.4) is 0 Å². The highest BCUT2D eigenvalue weighted by atomic mass is 32.2. The molecule has 1 aliphatic carbocycles. The lowest BCUT2D eigenvalue weighted by Crippen LogP contribution is -2.33. The van der Waals surface area contributed by atoms with Gasteiger partial charge >= 0.3 is 0 Å². The molecule has 12 heteroatoms. The molecule has 0 radical (unpaired) electrons. The van der Waals surface area contributed by atoms with E-state index in [1.54, 1.807) is 25.4 Å². The molecule has 1 N–H and O–H groups in total. The van der Waals surface area contributed by atoms with Gasteiger partial charge in [-0.2, -0.15) is 4.31 Å². The van der Waals surface area contributed by atoms with Crippen molar-refractivity contribution in [1.82, 2.24) is 18.8 Å². The number of sulfonamides is 1. The van der Waals surface area contributed by atoms with E-state index in [0.717, 1.165) is 52.7 Å². The number of ether oxygens (including phenoxy) is 2. The molecule has 1 saturated carbocycles. The predicted octanol–water partition coefficient (Wildman–Crippen LogP) is 5.28. The number of anilines is 3. The standard InChI is InChI=1S/C34H40N6O5S/c1-6-22-17-25(23-13-15-39(16-14-23)46(5,42)43)10-12-28(22)36-31-19-29-32(35-21-38(29)2)33(37-31)40(34(41)24-7-8-24)20-26-9-11-27(44-3)18-30(26)45-4/h9-13,17-19,21,24H,6-8,14-16,20H2,1-5H3,(H,36,37). The zero-order valence-corrected chi connectivity index (χ0v) is 27.7. The molecule has 1 amide bonds. The fraction of sp³-hybridized carbons (Fsp3) is 0.382. The maximum atomic E-state index is 13.8. The van der Waals surface area contributed by atoms with E-state index >= 15 is 0 Å². The molecule has 46 heavy (non-hydrogen) atoms. The number of amides is 1. The molecule has 0 atom stereocenters. The number of carbonyl (C=O) groups is 1. The van der Waals surface area contributed by atoms with Gasteiger partial charge in [-0.15, -0.1) is 0 Å². The first-order valence-electron chi connectivity index (χ1n) is 15.5. The molecule has 242 valence electrons. The number of methoxy groups -OCH3 is 2. The molecule has 1 fully saturated rings. The molecule has 1 aliphatic heterocycles. The van der Waals surface area contributed by atoms with Gasteiger partial charge in [0.15, 0.2) is 5.82 Å². The zero-order chi connectivity index (χ0) is 32.6. The second kappa shape index (κ2) is 12.8. The molecule has 6 rings (SSSR count). The van der Waals surface area contributed by atoms with E-state index < -0.39 is 10.0 Å². The number of imidazole rings is 1. The maximum absolute atomic E-state index is 13.8. The minimum absolute atomic E-state index is 0.0169. The van der Waals surface area contributed by atoms with E-state index in [2.05, 4.69) is 29.4 Å². The molecule has 2 aliphatic rings. The third-order valence-electron chi connectivity index (χ3n) is 8.73. The first kappa shape index (κ1) is 31.6. The van der Waals surface area contributed by atoms with Crippen molar-refractivity contribution in [3.05, 3.63) is 71.6 Å². The number of hydrogen-bond donors (Lipinski definition) is 1. The summed E-state index contributed by atoms with van der Waals surface area (Å²) < 4.78 is 38.4. The zero-order valence-electron chi connectivity index (χ0n) is 26.9. The Bertz CT molecular complexity index is 1930. The monoisotopic (exact) mass is 644 g/mol. The maximum Gasteiger partial charge on any atom is 0.231 e. The number of aromatic nitrogens is 3. The van der Waals surface area contributed by atoms with Crippen LogP contribution in [0, 0.1) is 5.92 Å². The number of benzene rings is 2. The first-order valence-corrected chi connectivity index (χ1v) is 17.3. The van der Waals surface area contributed by atoms with Gasteiger partial charge in [0.2, 0.25) is 15.9 Å². The Kier molecular flexibility index (Phi) is 8.75. The van der Waals surface area contributed by atoms with Crippen LogP contribution in [0.4, 0.5) is 17.3 Å². The summed E-state index contributed by atoms with van der Waals surface area (Å²) >= 11 is 0. The number of pyridine rings is 1. The fourth-order valence-electron chi connectivity index (χ4n) is 5.88. The Morgan fingerprint density at radius 2 is 1.89 bits per heavy atom. The van der Waals surface area contributed by atoms with Crippen LogP contribution in [0.2, 0.25) is 0 Å². The van der Waals surface area contributed by atoms with Gasteiger partial charge in [0.1, 0.15) is 22.8 Å². The predicted molar refractivity (Wildman–Crippen MR) is 180 cm³/mol. The highest BCUT2D eigenvalue weighted by molar-refractivity contribution is 7.88. The number of nitrogens with zero attached hydrogens (tertiary/aromatic N) is 5. The van der Waals surface area contributed by atoms with Crippen molar-refractivity contribution in [1.29, 1.82) is 0 Å². The molecular weight excluding hydrogens is 604 g/mol. The minimum Gasteiger partial charge on any atom is -0.497 e. The lowest BCUT2D eigenvalue weighted by atomic mass is 9.96. The highest BCUT2D eigenvalue weighted by Gasteiger charge is 2.36. The molecule has 0 unspecified atom stereocenters. The summed E-state index contributed by atoms with van der Waals surface area (Å²) in [6, 6.07) is 13.8. The molecule has 3 heterocycles. The molecule has 0 bridgehead atoms. The van der Waals surface area contributed by atoms with Crippen LogP contribution < -0.4 is 19.7 Å². The molecule has 0 saturated heterocycles. The molecular formula is C34H40N6O5S. The Hall–Kier alpha value is -4.42. The Balaban J connectivity index is 1.35. The Morgan fingerprint density at radius 3 is 2.54 bits per heavy atom. The number of rotatable bonds is 11. The van der Waals surface area contributed by atoms with E-state index in [0.29, 0.717) is 48.2 Å². The van der Waals surface area contributed by atoms with Gasteiger partial charge in [-0.05, 0) is 66.6 Å². The lowest BCUT2D eigenvalue weighted by molar-refractivity contribution is -0.119. The van der Waals surface area contributed by atoms with E-state index in [1.807, 2.05) is 48.0 Å². The number of carbonyl (C=O) groups excluding carboxylic acids is 1. The fourth-order valence-corrected chi connectivity index (χ4v) is 6.65. The van der Waals surface area contributed by atoms with Crippen molar-refractivity contribution in [3.63, 3.8) is 0 Å². The highest BCUT2D eigenvalue weighted by Crippen LogP contribution is 2.38. The molecule has 2 aromatic heterocycles. The number of aryl methyl sites for hydroxylation is 2. The third kappa shape index (κ3) is 6.45. The average Bonchev–Trinajstić information content (AvgIpc) is 3.85. The van der Waals surface area contributed by atoms with E-state index in [1.165, 1.54) is 10.6 Å². The Labute approximate surface area is 269 Å². The molecule has 11 nitrogen and oxygen atoms in total.